The average molecular weight is 240 g/mol. The molecule has 1 aromatic rings. The summed E-state index contributed by atoms with van der Waals surface area (Å²) in [7, 11) is 2.15. The van der Waals surface area contributed by atoms with Crippen LogP contribution in [0.2, 0.25) is 0 Å². The number of hydrogen-bond donors (Lipinski definition) is 0. The lowest BCUT2D eigenvalue weighted by molar-refractivity contribution is 0.266. The Hall–Kier alpha value is -1.67. The Bertz CT molecular complexity index is 474. The molecular formula is C16H20N2. The molecule has 0 unspecified atom stereocenters. The smallest absolute Gasteiger partial charge is 0.0710 e. The maximum Gasteiger partial charge on any atom is 0.0710 e. The van der Waals surface area contributed by atoms with Crippen molar-refractivity contribution in [3.8, 4) is 11.3 Å². The lowest BCUT2D eigenvalue weighted by Gasteiger charge is -2.20. The van der Waals surface area contributed by atoms with E-state index < -0.39 is 0 Å². The molecule has 0 aromatic heterocycles. The van der Waals surface area contributed by atoms with Crippen LogP contribution in [0.1, 0.15) is 19.4 Å². The molecule has 1 aliphatic heterocycles. The van der Waals surface area contributed by atoms with Gasteiger partial charge in [0.15, 0.2) is 0 Å². The van der Waals surface area contributed by atoms with Gasteiger partial charge in [0, 0.05) is 24.3 Å². The van der Waals surface area contributed by atoms with Gasteiger partial charge in [0.25, 0.3) is 0 Å². The van der Waals surface area contributed by atoms with Gasteiger partial charge in [0.2, 0.25) is 0 Å². The first-order valence-electron chi connectivity index (χ1n) is 6.37. The van der Waals surface area contributed by atoms with Crippen molar-refractivity contribution in [2.24, 2.45) is 0 Å². The third-order valence-electron chi connectivity index (χ3n) is 3.13. The predicted molar refractivity (Wildman–Crippen MR) is 76.3 cm³/mol. The summed E-state index contributed by atoms with van der Waals surface area (Å²) < 4.78 is 0. The summed E-state index contributed by atoms with van der Waals surface area (Å²) in [5, 5.41) is 0. The fourth-order valence-electron chi connectivity index (χ4n) is 1.61. The van der Waals surface area contributed by atoms with E-state index in [1.54, 1.807) is 0 Å². The number of nitrogens with zero attached hydrogens (tertiary/aromatic N) is 2. The van der Waals surface area contributed by atoms with Gasteiger partial charge >= 0.3 is 0 Å². The van der Waals surface area contributed by atoms with Crippen molar-refractivity contribution in [2.45, 2.75) is 26.4 Å². The fourth-order valence-corrected chi connectivity index (χ4v) is 1.61. The molecule has 0 radical (unpaired) electrons. The zero-order valence-corrected chi connectivity index (χ0v) is 11.3. The predicted octanol–water partition coefficient (Wildman–Crippen LogP) is 3.59. The van der Waals surface area contributed by atoms with Gasteiger partial charge in [0.05, 0.1) is 5.69 Å². The summed E-state index contributed by atoms with van der Waals surface area (Å²) in [4.78, 5) is 6.28. The molecule has 0 saturated heterocycles. The highest BCUT2D eigenvalue weighted by atomic mass is 15.1. The van der Waals surface area contributed by atoms with Crippen LogP contribution >= 0.6 is 0 Å². The van der Waals surface area contributed by atoms with Crippen molar-refractivity contribution in [3.63, 3.8) is 0 Å². The first-order chi connectivity index (χ1) is 8.66. The molecule has 18 heavy (non-hydrogen) atoms. The quantitative estimate of drug-likeness (QED) is 0.695. The van der Waals surface area contributed by atoms with Crippen LogP contribution in [0.15, 0.2) is 48.7 Å². The molecule has 0 atom stereocenters. The minimum Gasteiger partial charge on any atom is -0.300 e. The molecule has 2 nitrogen and oxygen atoms in total. The van der Waals surface area contributed by atoms with Crippen LogP contribution in [-0.4, -0.2) is 23.0 Å². The molecule has 2 aliphatic rings. The lowest BCUT2D eigenvalue weighted by atomic mass is 10.2. The summed E-state index contributed by atoms with van der Waals surface area (Å²) in [6.45, 7) is 5.46. The Balaban J connectivity index is 0.000000164. The van der Waals surface area contributed by atoms with Gasteiger partial charge in [-0.1, -0.05) is 30.3 Å². The topological polar surface area (TPSA) is 16.1 Å². The summed E-state index contributed by atoms with van der Waals surface area (Å²) >= 11 is 0. The SMILES string of the molecule is CC(C)N(C)Cc1ccccc1.c1cc2cc-2n1. The molecule has 0 N–H and O–H groups in total. The fraction of sp³-hybridized carbons (Fsp3) is 0.312. The minimum atomic E-state index is 0.616. The van der Waals surface area contributed by atoms with Crippen molar-refractivity contribution in [3.05, 3.63) is 54.2 Å². The molecule has 2 heteroatoms. The first-order valence-corrected chi connectivity index (χ1v) is 6.37. The van der Waals surface area contributed by atoms with Crippen LogP contribution in [-0.2, 0) is 6.54 Å². The number of rotatable bonds is 3. The zero-order valence-electron chi connectivity index (χ0n) is 11.3. The van der Waals surface area contributed by atoms with Gasteiger partial charge in [-0.2, -0.15) is 0 Å². The molecule has 0 amide bonds. The van der Waals surface area contributed by atoms with E-state index in [9.17, 15) is 0 Å². The Labute approximate surface area is 109 Å². The molecule has 1 heterocycles. The number of pyridine rings is 1. The van der Waals surface area contributed by atoms with Crippen LogP contribution in [0.4, 0.5) is 0 Å². The van der Waals surface area contributed by atoms with Crippen molar-refractivity contribution in [1.29, 1.82) is 0 Å². The van der Waals surface area contributed by atoms with E-state index in [1.807, 2.05) is 12.3 Å². The molecule has 3 rings (SSSR count). The standard InChI is InChI=1S/C11H17N.C5H3N/c1-10(2)12(3)9-11-7-5-4-6-8-11;1-2-6-5-3-4(1)5/h4-8,10H,9H2,1-3H3;1-3H. The molecular weight excluding hydrogens is 220 g/mol. The van der Waals surface area contributed by atoms with Gasteiger partial charge in [-0.05, 0) is 38.6 Å². The van der Waals surface area contributed by atoms with Gasteiger partial charge < -0.3 is 0 Å². The molecule has 1 aliphatic carbocycles. The van der Waals surface area contributed by atoms with Gasteiger partial charge in [-0.25, -0.2) is 0 Å². The van der Waals surface area contributed by atoms with E-state index in [1.165, 1.54) is 16.8 Å². The van der Waals surface area contributed by atoms with Gasteiger partial charge in [-0.3, -0.25) is 9.88 Å². The van der Waals surface area contributed by atoms with E-state index in [2.05, 4.69) is 67.2 Å². The highest BCUT2D eigenvalue weighted by molar-refractivity contribution is 5.75. The van der Waals surface area contributed by atoms with E-state index >= 15 is 0 Å². The monoisotopic (exact) mass is 240 g/mol. The third kappa shape index (κ3) is 3.67. The van der Waals surface area contributed by atoms with E-state index in [4.69, 9.17) is 0 Å². The molecule has 1 aromatic carbocycles. The largest absolute Gasteiger partial charge is 0.300 e. The molecule has 0 spiro atoms. The summed E-state index contributed by atoms with van der Waals surface area (Å²) in [5.41, 5.74) is 3.87. The van der Waals surface area contributed by atoms with E-state index in [-0.39, 0.29) is 0 Å². The van der Waals surface area contributed by atoms with Gasteiger partial charge in [-0.15, -0.1) is 0 Å². The maximum absolute atomic E-state index is 3.95. The average Bonchev–Trinajstić information content (AvgIpc) is 2.98. The lowest BCUT2D eigenvalue weighted by Crippen LogP contribution is -2.25. The maximum atomic E-state index is 3.95. The number of fused-ring (bicyclic) bond motifs is 1. The molecule has 94 valence electrons. The Morgan fingerprint density at radius 2 is 1.83 bits per heavy atom. The highest BCUT2D eigenvalue weighted by Gasteiger charge is 2.09. The Morgan fingerprint density at radius 3 is 2.22 bits per heavy atom. The molecule has 0 fully saturated rings. The first kappa shape index (κ1) is 12.8. The zero-order chi connectivity index (χ0) is 13.0. The minimum absolute atomic E-state index is 0.616. The van der Waals surface area contributed by atoms with Crippen molar-refractivity contribution in [2.75, 3.05) is 7.05 Å². The van der Waals surface area contributed by atoms with E-state index in [0.29, 0.717) is 6.04 Å². The highest BCUT2D eigenvalue weighted by Crippen LogP contribution is 2.29. The second-order valence-corrected chi connectivity index (χ2v) is 4.92. The third-order valence-corrected chi connectivity index (χ3v) is 3.13. The second kappa shape index (κ2) is 5.78. The van der Waals surface area contributed by atoms with Crippen LogP contribution < -0.4 is 0 Å². The second-order valence-electron chi connectivity index (χ2n) is 4.92. The summed E-state index contributed by atoms with van der Waals surface area (Å²) in [6.07, 6.45) is 1.82. The van der Waals surface area contributed by atoms with Crippen LogP contribution in [0.5, 0.6) is 0 Å². The Kier molecular flexibility index (Phi) is 4.11. The normalized spacial score (nSPS) is 11.2. The van der Waals surface area contributed by atoms with Crippen LogP contribution in [0.3, 0.4) is 0 Å². The summed E-state index contributed by atoms with van der Waals surface area (Å²) in [5.74, 6) is 0. The number of aromatic nitrogens is 1. The molecule has 0 saturated carbocycles. The van der Waals surface area contributed by atoms with Crippen LogP contribution in [0, 0.1) is 0 Å². The van der Waals surface area contributed by atoms with Crippen molar-refractivity contribution >= 4 is 0 Å². The molecule has 0 bridgehead atoms. The van der Waals surface area contributed by atoms with E-state index in [0.717, 1.165) is 6.54 Å². The van der Waals surface area contributed by atoms with Crippen molar-refractivity contribution < 1.29 is 0 Å². The Morgan fingerprint density at radius 1 is 1.11 bits per heavy atom. The van der Waals surface area contributed by atoms with Crippen LogP contribution in [0.25, 0.3) is 11.3 Å². The van der Waals surface area contributed by atoms with Gasteiger partial charge in [0.1, 0.15) is 0 Å². The van der Waals surface area contributed by atoms with Crippen molar-refractivity contribution in [1.82, 2.24) is 9.88 Å². The number of hydrogen-bond acceptors (Lipinski definition) is 2. The summed E-state index contributed by atoms with van der Waals surface area (Å²) in [6, 6.07) is 15.2. The number of benzene rings is 1.